The van der Waals surface area contributed by atoms with Crippen LogP contribution in [-0.4, -0.2) is 23.8 Å². The van der Waals surface area contributed by atoms with Crippen molar-refractivity contribution in [2.24, 2.45) is 10.7 Å². The molecule has 1 aromatic carbocycles. The Morgan fingerprint density at radius 1 is 1.19 bits per heavy atom. The van der Waals surface area contributed by atoms with Crippen LogP contribution in [-0.2, 0) is 21.4 Å². The van der Waals surface area contributed by atoms with Gasteiger partial charge < -0.3 is 5.73 Å². The van der Waals surface area contributed by atoms with E-state index in [2.05, 4.69) is 41.7 Å². The molecule has 0 spiro atoms. The SMILES string of the molecule is CN1C(=O)[C@@](F)(c2ccc(C(C)(C)C)cc2)[C@@](C)(c2ccc(Br)s2)N=C1N. The number of rotatable bonds is 2. The largest absolute Gasteiger partial charge is 0.369 e. The molecule has 0 aliphatic carbocycles. The van der Waals surface area contributed by atoms with Crippen LogP contribution in [0.15, 0.2) is 45.2 Å². The molecule has 0 saturated heterocycles. The van der Waals surface area contributed by atoms with Gasteiger partial charge in [-0.15, -0.1) is 11.3 Å². The number of hydrogen-bond donors (Lipinski definition) is 1. The molecule has 3 rings (SSSR count). The Balaban J connectivity index is 2.23. The number of thiophene rings is 1. The molecule has 144 valence electrons. The number of likely N-dealkylation sites (N-methyl/N-ethyl adjacent to an activating group) is 1. The number of carbonyl (C=O) groups is 1. The smallest absolute Gasteiger partial charge is 0.274 e. The Labute approximate surface area is 171 Å². The summed E-state index contributed by atoms with van der Waals surface area (Å²) in [5.74, 6) is -0.711. The first kappa shape index (κ1) is 20.0. The van der Waals surface area contributed by atoms with Gasteiger partial charge in [-0.25, -0.2) is 9.38 Å². The van der Waals surface area contributed by atoms with Crippen molar-refractivity contribution in [1.82, 2.24) is 4.90 Å². The summed E-state index contributed by atoms with van der Waals surface area (Å²) in [5.41, 5.74) is 3.39. The lowest BCUT2D eigenvalue weighted by atomic mass is 9.74. The van der Waals surface area contributed by atoms with Crippen molar-refractivity contribution in [2.45, 2.75) is 44.3 Å². The Morgan fingerprint density at radius 3 is 2.26 bits per heavy atom. The maximum Gasteiger partial charge on any atom is 0.274 e. The summed E-state index contributed by atoms with van der Waals surface area (Å²) >= 11 is 4.76. The van der Waals surface area contributed by atoms with Crippen LogP contribution >= 0.6 is 27.3 Å². The minimum atomic E-state index is -2.37. The topological polar surface area (TPSA) is 58.7 Å². The van der Waals surface area contributed by atoms with Gasteiger partial charge in [0.1, 0.15) is 5.54 Å². The van der Waals surface area contributed by atoms with Crippen LogP contribution in [0.1, 0.15) is 43.7 Å². The van der Waals surface area contributed by atoms with E-state index in [0.29, 0.717) is 4.88 Å². The van der Waals surface area contributed by atoms with Gasteiger partial charge in [-0.05, 0) is 46.0 Å². The highest BCUT2D eigenvalue weighted by Crippen LogP contribution is 2.52. The molecule has 1 aliphatic rings. The first-order valence-corrected chi connectivity index (χ1v) is 10.2. The normalized spacial score (nSPS) is 26.3. The first-order valence-electron chi connectivity index (χ1n) is 8.60. The van der Waals surface area contributed by atoms with E-state index in [1.165, 1.54) is 18.4 Å². The lowest BCUT2D eigenvalue weighted by Gasteiger charge is -2.44. The van der Waals surface area contributed by atoms with E-state index in [4.69, 9.17) is 5.73 Å². The zero-order valence-corrected chi connectivity index (χ0v) is 18.4. The average molecular weight is 452 g/mol. The van der Waals surface area contributed by atoms with E-state index in [1.54, 1.807) is 25.1 Å². The Bertz CT molecular complexity index is 918. The van der Waals surface area contributed by atoms with Gasteiger partial charge in [-0.3, -0.25) is 9.69 Å². The monoisotopic (exact) mass is 451 g/mol. The van der Waals surface area contributed by atoms with Crippen LogP contribution in [0, 0.1) is 0 Å². The number of aliphatic imine (C=N–C) groups is 1. The van der Waals surface area contributed by atoms with Crippen LogP contribution in [0.3, 0.4) is 0 Å². The lowest BCUT2D eigenvalue weighted by Crippen LogP contribution is -2.61. The molecule has 2 atom stereocenters. The number of amides is 1. The third-order valence-electron chi connectivity index (χ3n) is 5.15. The molecule has 1 aliphatic heterocycles. The predicted octanol–water partition coefficient (Wildman–Crippen LogP) is 4.68. The van der Waals surface area contributed by atoms with Crippen molar-refractivity contribution in [3.63, 3.8) is 0 Å². The van der Waals surface area contributed by atoms with Crippen LogP contribution in [0.2, 0.25) is 0 Å². The second kappa shape index (κ2) is 6.41. The van der Waals surface area contributed by atoms with E-state index in [-0.39, 0.29) is 16.9 Å². The number of alkyl halides is 1. The summed E-state index contributed by atoms with van der Waals surface area (Å²) in [6.07, 6.45) is 0. The van der Waals surface area contributed by atoms with Crippen molar-refractivity contribution in [2.75, 3.05) is 7.05 Å². The Morgan fingerprint density at radius 2 is 1.78 bits per heavy atom. The van der Waals surface area contributed by atoms with Gasteiger partial charge in [0.15, 0.2) is 5.96 Å². The zero-order chi connectivity index (χ0) is 20.2. The summed E-state index contributed by atoms with van der Waals surface area (Å²) in [5, 5.41) is 0. The number of carbonyl (C=O) groups excluding carboxylic acids is 1. The van der Waals surface area contributed by atoms with Gasteiger partial charge in [0.25, 0.3) is 5.91 Å². The van der Waals surface area contributed by atoms with E-state index >= 15 is 4.39 Å². The Hall–Kier alpha value is -1.73. The van der Waals surface area contributed by atoms with Crippen LogP contribution in [0.5, 0.6) is 0 Å². The van der Waals surface area contributed by atoms with Crippen LogP contribution in [0.4, 0.5) is 4.39 Å². The molecule has 2 aromatic rings. The fourth-order valence-electron chi connectivity index (χ4n) is 3.33. The third kappa shape index (κ3) is 3.01. The third-order valence-corrected chi connectivity index (χ3v) is 6.99. The fourth-order valence-corrected chi connectivity index (χ4v) is 4.85. The quantitative estimate of drug-likeness (QED) is 0.720. The summed E-state index contributed by atoms with van der Waals surface area (Å²) in [4.78, 5) is 19.3. The molecule has 4 nitrogen and oxygen atoms in total. The van der Waals surface area contributed by atoms with Gasteiger partial charge in [0.05, 0.1) is 3.79 Å². The lowest BCUT2D eigenvalue weighted by molar-refractivity contribution is -0.146. The van der Waals surface area contributed by atoms with Crippen molar-refractivity contribution >= 4 is 39.1 Å². The maximum absolute atomic E-state index is 16.7. The van der Waals surface area contributed by atoms with Crippen LogP contribution in [0.25, 0.3) is 0 Å². The van der Waals surface area contributed by atoms with Gasteiger partial charge in [-0.1, -0.05) is 45.0 Å². The van der Waals surface area contributed by atoms with Crippen LogP contribution < -0.4 is 5.73 Å². The predicted molar refractivity (Wildman–Crippen MR) is 112 cm³/mol. The molecule has 0 radical (unpaired) electrons. The molecule has 2 heterocycles. The highest BCUT2D eigenvalue weighted by Gasteiger charge is 2.62. The summed E-state index contributed by atoms with van der Waals surface area (Å²) < 4.78 is 17.6. The molecule has 0 fully saturated rings. The van der Waals surface area contributed by atoms with Gasteiger partial charge in [0.2, 0.25) is 5.67 Å². The molecule has 0 unspecified atom stereocenters. The highest BCUT2D eigenvalue weighted by molar-refractivity contribution is 9.11. The molecule has 1 amide bonds. The number of guanidine groups is 1. The second-order valence-corrected chi connectivity index (χ2v) is 10.5. The van der Waals surface area contributed by atoms with E-state index < -0.39 is 17.1 Å². The van der Waals surface area contributed by atoms with E-state index in [0.717, 1.165) is 14.2 Å². The molecular weight excluding hydrogens is 429 g/mol. The number of hydrogen-bond acceptors (Lipinski definition) is 4. The van der Waals surface area contributed by atoms with E-state index in [9.17, 15) is 4.79 Å². The van der Waals surface area contributed by atoms with Crippen molar-refractivity contribution in [3.05, 3.63) is 56.2 Å². The standard InChI is InChI=1S/C20H23BrFN3OS/c1-18(2,3)12-6-8-13(9-7-12)20(22)16(26)25(5)17(23)24-19(20,4)14-10-11-15(21)27-14/h6-11H,1-5H3,(H2,23,24)/t19-,20+/m1/s1. The summed E-state index contributed by atoms with van der Waals surface area (Å²) in [7, 11) is 1.45. The van der Waals surface area contributed by atoms with Crippen molar-refractivity contribution in [3.8, 4) is 0 Å². The number of benzene rings is 1. The zero-order valence-electron chi connectivity index (χ0n) is 16.0. The molecule has 0 bridgehead atoms. The maximum atomic E-state index is 16.7. The van der Waals surface area contributed by atoms with Gasteiger partial charge in [-0.2, -0.15) is 0 Å². The molecule has 0 saturated carbocycles. The van der Waals surface area contributed by atoms with Gasteiger partial charge in [0, 0.05) is 17.5 Å². The Kier molecular flexibility index (Phi) is 4.75. The molecular formula is C20H23BrFN3OS. The molecule has 2 N–H and O–H groups in total. The van der Waals surface area contributed by atoms with Crippen molar-refractivity contribution < 1.29 is 9.18 Å². The second-order valence-electron chi connectivity index (χ2n) is 8.00. The van der Waals surface area contributed by atoms with Gasteiger partial charge >= 0.3 is 0 Å². The first-order chi connectivity index (χ1) is 12.4. The molecule has 27 heavy (non-hydrogen) atoms. The summed E-state index contributed by atoms with van der Waals surface area (Å²) in [6, 6.07) is 10.7. The van der Waals surface area contributed by atoms with E-state index in [1.807, 2.05) is 18.2 Å². The highest BCUT2D eigenvalue weighted by atomic mass is 79.9. The summed E-state index contributed by atoms with van der Waals surface area (Å²) in [6.45, 7) is 7.89. The fraction of sp³-hybridized carbons (Fsp3) is 0.400. The number of nitrogens with zero attached hydrogens (tertiary/aromatic N) is 2. The molecule has 1 aromatic heterocycles. The number of halogens is 2. The van der Waals surface area contributed by atoms with Crippen molar-refractivity contribution in [1.29, 1.82) is 0 Å². The number of nitrogens with two attached hydrogens (primary N) is 1. The minimum absolute atomic E-state index is 0.00612. The average Bonchev–Trinajstić information content (AvgIpc) is 3.04. The minimum Gasteiger partial charge on any atom is -0.369 e. The molecule has 7 heteroatoms.